The largest absolute Gasteiger partial charge is 0.444 e. The Morgan fingerprint density at radius 3 is 2.32 bits per heavy atom. The van der Waals surface area contributed by atoms with E-state index in [1.54, 1.807) is 32.9 Å². The summed E-state index contributed by atoms with van der Waals surface area (Å²) in [4.78, 5) is 13.5. The number of hydrogen-bond donors (Lipinski definition) is 1. The van der Waals surface area contributed by atoms with Crippen molar-refractivity contribution in [2.24, 2.45) is 0 Å². The van der Waals surface area contributed by atoms with Crippen molar-refractivity contribution in [2.45, 2.75) is 43.4 Å². The molecule has 22 heavy (non-hydrogen) atoms. The number of amides is 1. The topological polar surface area (TPSA) is 83.7 Å². The normalized spacial score (nSPS) is 19.7. The molecule has 2 atom stereocenters. The molecule has 0 spiro atoms. The van der Waals surface area contributed by atoms with Crippen molar-refractivity contribution in [1.29, 1.82) is 0 Å². The van der Waals surface area contributed by atoms with E-state index < -0.39 is 27.6 Å². The number of hydrogen-bond acceptors (Lipinski definition) is 5. The van der Waals surface area contributed by atoms with E-state index >= 15 is 0 Å². The summed E-state index contributed by atoms with van der Waals surface area (Å²) in [5.41, 5.74) is -0.00443. The van der Waals surface area contributed by atoms with Gasteiger partial charge in [0, 0.05) is 12.8 Å². The number of carbonyl (C=O) groups is 1. The van der Waals surface area contributed by atoms with E-state index in [-0.39, 0.29) is 10.9 Å². The minimum Gasteiger partial charge on any atom is -0.444 e. The van der Waals surface area contributed by atoms with Crippen LogP contribution < -0.4 is 0 Å². The third-order valence-corrected chi connectivity index (χ3v) is 4.42. The highest BCUT2D eigenvalue weighted by Crippen LogP contribution is 2.33. The average Bonchev–Trinajstić information content (AvgIpc) is 3.15. The number of aliphatic hydroxyl groups is 1. The second-order valence-corrected chi connectivity index (χ2v) is 8.50. The van der Waals surface area contributed by atoms with Crippen LogP contribution in [0, 0.1) is 0 Å². The summed E-state index contributed by atoms with van der Waals surface area (Å²) < 4.78 is 28.0. The van der Waals surface area contributed by atoms with E-state index in [1.807, 2.05) is 0 Å². The molecule has 1 aliphatic rings. The lowest BCUT2D eigenvalue weighted by molar-refractivity contribution is 0.0365. The Morgan fingerprint density at radius 2 is 1.86 bits per heavy atom. The van der Waals surface area contributed by atoms with Crippen LogP contribution in [0.4, 0.5) is 4.79 Å². The molecule has 1 fully saturated rings. The van der Waals surface area contributed by atoms with Crippen LogP contribution in [0.25, 0.3) is 0 Å². The van der Waals surface area contributed by atoms with Gasteiger partial charge in [0.15, 0.2) is 9.84 Å². The lowest BCUT2D eigenvalue weighted by atomic mass is 10.1. The van der Waals surface area contributed by atoms with E-state index in [0.29, 0.717) is 12.1 Å². The average molecular weight is 327 g/mol. The fraction of sp³-hybridized carbons (Fsp3) is 0.533. The van der Waals surface area contributed by atoms with Crippen LogP contribution in [-0.4, -0.2) is 49.0 Å². The molecule has 1 aromatic rings. The van der Waals surface area contributed by atoms with Gasteiger partial charge in [0.25, 0.3) is 0 Å². The van der Waals surface area contributed by atoms with Crippen molar-refractivity contribution in [3.8, 4) is 0 Å². The number of ether oxygens (including phenoxy) is 1. The molecule has 0 unspecified atom stereocenters. The van der Waals surface area contributed by atoms with Gasteiger partial charge in [0.05, 0.1) is 10.9 Å². The third-order valence-electron chi connectivity index (χ3n) is 3.29. The molecule has 0 saturated carbocycles. The molecule has 0 aliphatic carbocycles. The number of carbonyl (C=O) groups excluding carboxylic acids is 1. The second kappa shape index (κ2) is 5.55. The highest BCUT2D eigenvalue weighted by atomic mass is 32.2. The summed E-state index contributed by atoms with van der Waals surface area (Å²) in [6.07, 6.45) is -0.186. The summed E-state index contributed by atoms with van der Waals surface area (Å²) in [5.74, 6) is 0. The predicted molar refractivity (Wildman–Crippen MR) is 81.2 cm³/mol. The first-order chi connectivity index (χ1) is 9.99. The third kappa shape index (κ3) is 3.98. The molecule has 1 amide bonds. The Kier molecular flexibility index (Phi) is 4.23. The molecule has 6 nitrogen and oxygen atoms in total. The molecule has 1 heterocycles. The van der Waals surface area contributed by atoms with E-state index in [4.69, 9.17) is 4.74 Å². The molecular formula is C15H21NO5S. The maximum atomic E-state index is 11.9. The molecular weight excluding hydrogens is 306 g/mol. The highest BCUT2D eigenvalue weighted by Gasteiger charge is 2.46. The summed E-state index contributed by atoms with van der Waals surface area (Å²) in [6, 6.07) is 5.69. The van der Waals surface area contributed by atoms with Gasteiger partial charge in [0.2, 0.25) is 0 Å². The highest BCUT2D eigenvalue weighted by molar-refractivity contribution is 7.90. The number of nitrogens with zero attached hydrogens (tertiary/aromatic N) is 1. The fourth-order valence-electron chi connectivity index (χ4n) is 2.09. The number of aliphatic hydroxyl groups excluding tert-OH is 1. The van der Waals surface area contributed by atoms with Gasteiger partial charge >= 0.3 is 6.09 Å². The summed E-state index contributed by atoms with van der Waals surface area (Å²) in [6.45, 7) is 5.77. The maximum absolute atomic E-state index is 11.9. The molecule has 0 aromatic heterocycles. The van der Waals surface area contributed by atoms with Crippen molar-refractivity contribution in [3.05, 3.63) is 29.8 Å². The molecule has 1 aliphatic heterocycles. The number of rotatable bonds is 3. The van der Waals surface area contributed by atoms with Crippen molar-refractivity contribution < 1.29 is 23.1 Å². The first kappa shape index (κ1) is 16.8. The van der Waals surface area contributed by atoms with Crippen LogP contribution in [0.2, 0.25) is 0 Å². The monoisotopic (exact) mass is 327 g/mol. The van der Waals surface area contributed by atoms with E-state index in [9.17, 15) is 18.3 Å². The molecule has 1 aromatic carbocycles. The Hall–Kier alpha value is -1.60. The predicted octanol–water partition coefficient (Wildman–Crippen LogP) is 1.74. The summed E-state index contributed by atoms with van der Waals surface area (Å²) >= 11 is 0. The van der Waals surface area contributed by atoms with E-state index in [0.717, 1.165) is 6.26 Å². The zero-order valence-corrected chi connectivity index (χ0v) is 13.9. The van der Waals surface area contributed by atoms with Crippen molar-refractivity contribution in [2.75, 3.05) is 12.8 Å². The SMILES string of the molecule is CC(C)(C)OC(=O)N1C[C@@H]1[C@H](O)c1ccc(S(C)(=O)=O)cc1. The summed E-state index contributed by atoms with van der Waals surface area (Å²) in [7, 11) is -3.26. The molecule has 2 rings (SSSR count). The zero-order valence-electron chi connectivity index (χ0n) is 13.1. The first-order valence-corrected chi connectivity index (χ1v) is 8.86. The zero-order chi connectivity index (χ0) is 16.7. The second-order valence-electron chi connectivity index (χ2n) is 6.49. The van der Waals surface area contributed by atoms with Gasteiger partial charge in [0.1, 0.15) is 11.7 Å². The minimum atomic E-state index is -3.26. The van der Waals surface area contributed by atoms with Gasteiger partial charge in [-0.25, -0.2) is 13.2 Å². The number of sulfone groups is 1. The van der Waals surface area contributed by atoms with Crippen molar-refractivity contribution >= 4 is 15.9 Å². The standard InChI is InChI=1S/C15H21NO5S/c1-15(2,3)21-14(18)16-9-12(16)13(17)10-5-7-11(8-6-10)22(4,19)20/h5-8,12-13,17H,9H2,1-4H3/t12-,13-,16?/m1/s1. The van der Waals surface area contributed by atoms with Crippen LogP contribution in [-0.2, 0) is 14.6 Å². The van der Waals surface area contributed by atoms with Gasteiger partial charge < -0.3 is 9.84 Å². The van der Waals surface area contributed by atoms with Crippen LogP contribution in [0.3, 0.4) is 0 Å². The van der Waals surface area contributed by atoms with E-state index in [1.165, 1.54) is 17.0 Å². The van der Waals surface area contributed by atoms with Crippen LogP contribution in [0.15, 0.2) is 29.2 Å². The van der Waals surface area contributed by atoms with Crippen LogP contribution in [0.1, 0.15) is 32.4 Å². The molecule has 122 valence electrons. The number of benzene rings is 1. The lowest BCUT2D eigenvalue weighted by Crippen LogP contribution is -2.28. The molecule has 1 N–H and O–H groups in total. The maximum Gasteiger partial charge on any atom is 0.410 e. The van der Waals surface area contributed by atoms with Gasteiger partial charge in [-0.15, -0.1) is 0 Å². The first-order valence-electron chi connectivity index (χ1n) is 6.97. The van der Waals surface area contributed by atoms with Crippen molar-refractivity contribution in [1.82, 2.24) is 4.90 Å². The van der Waals surface area contributed by atoms with Gasteiger partial charge in [-0.3, -0.25) is 4.90 Å². The van der Waals surface area contributed by atoms with Gasteiger partial charge in [-0.2, -0.15) is 0 Å². The molecule has 7 heteroatoms. The minimum absolute atomic E-state index is 0.197. The Morgan fingerprint density at radius 1 is 1.32 bits per heavy atom. The van der Waals surface area contributed by atoms with Gasteiger partial charge in [-0.05, 0) is 38.5 Å². The van der Waals surface area contributed by atoms with Crippen molar-refractivity contribution in [3.63, 3.8) is 0 Å². The quantitative estimate of drug-likeness (QED) is 0.855. The smallest absolute Gasteiger partial charge is 0.410 e. The van der Waals surface area contributed by atoms with Crippen LogP contribution in [0.5, 0.6) is 0 Å². The lowest BCUT2D eigenvalue weighted by Gasteiger charge is -2.20. The van der Waals surface area contributed by atoms with Gasteiger partial charge in [-0.1, -0.05) is 12.1 Å². The molecule has 1 saturated heterocycles. The van der Waals surface area contributed by atoms with E-state index in [2.05, 4.69) is 0 Å². The Balaban J connectivity index is 2.02. The molecule has 0 radical (unpaired) electrons. The Bertz CT molecular complexity index is 660. The Labute approximate surface area is 130 Å². The summed E-state index contributed by atoms with van der Waals surface area (Å²) in [5, 5.41) is 10.3. The fourth-order valence-corrected chi connectivity index (χ4v) is 2.72. The van der Waals surface area contributed by atoms with Crippen LogP contribution >= 0.6 is 0 Å². The molecule has 0 bridgehead atoms.